The van der Waals surface area contributed by atoms with E-state index in [4.69, 9.17) is 10.00 Å². The summed E-state index contributed by atoms with van der Waals surface area (Å²) in [4.78, 5) is 12.3. The highest BCUT2D eigenvalue weighted by Crippen LogP contribution is 2.23. The van der Waals surface area contributed by atoms with Crippen LogP contribution in [-0.4, -0.2) is 12.0 Å². The van der Waals surface area contributed by atoms with Gasteiger partial charge in [0.05, 0.1) is 17.7 Å². The summed E-state index contributed by atoms with van der Waals surface area (Å²) < 4.78 is 6.56. The normalized spacial score (nSPS) is 12.8. The van der Waals surface area contributed by atoms with Gasteiger partial charge in [0, 0.05) is 4.47 Å². The van der Waals surface area contributed by atoms with Crippen LogP contribution in [0.25, 0.3) is 0 Å². The van der Waals surface area contributed by atoms with Gasteiger partial charge in [-0.25, -0.2) is 0 Å². The van der Waals surface area contributed by atoms with Gasteiger partial charge in [-0.05, 0) is 49.7 Å². The topological polar surface area (TPSA) is 62.1 Å². The van der Waals surface area contributed by atoms with Crippen molar-refractivity contribution in [3.63, 3.8) is 0 Å². The first-order valence-electron chi connectivity index (χ1n) is 7.23. The molecule has 4 nitrogen and oxygen atoms in total. The Hall–Kier alpha value is -2.32. The molecule has 0 bridgehead atoms. The number of nitrogens with one attached hydrogen (secondary N) is 1. The van der Waals surface area contributed by atoms with Crippen LogP contribution < -0.4 is 10.1 Å². The lowest BCUT2D eigenvalue weighted by molar-refractivity contribution is -0.127. The number of halogens is 1. The summed E-state index contributed by atoms with van der Waals surface area (Å²) in [7, 11) is 0. The van der Waals surface area contributed by atoms with Crippen LogP contribution in [0.2, 0.25) is 0 Å². The fourth-order valence-electron chi connectivity index (χ4n) is 2.10. The van der Waals surface area contributed by atoms with Crippen molar-refractivity contribution in [2.45, 2.75) is 26.0 Å². The lowest BCUT2D eigenvalue weighted by atomic mass is 10.1. The second kappa shape index (κ2) is 7.80. The molecule has 1 amide bonds. The molecule has 2 aromatic carbocycles. The van der Waals surface area contributed by atoms with Crippen LogP contribution >= 0.6 is 15.9 Å². The molecule has 2 rings (SSSR count). The van der Waals surface area contributed by atoms with Gasteiger partial charge >= 0.3 is 0 Å². The first-order chi connectivity index (χ1) is 11.0. The van der Waals surface area contributed by atoms with E-state index in [1.165, 1.54) is 0 Å². The summed E-state index contributed by atoms with van der Waals surface area (Å²) in [5.74, 6) is 0.359. The highest BCUT2D eigenvalue weighted by atomic mass is 79.9. The van der Waals surface area contributed by atoms with Gasteiger partial charge in [-0.3, -0.25) is 4.79 Å². The van der Waals surface area contributed by atoms with Crippen molar-refractivity contribution < 1.29 is 9.53 Å². The van der Waals surface area contributed by atoms with E-state index < -0.39 is 6.10 Å². The van der Waals surface area contributed by atoms with Crippen LogP contribution in [0.1, 0.15) is 31.0 Å². The van der Waals surface area contributed by atoms with E-state index in [0.29, 0.717) is 11.3 Å². The van der Waals surface area contributed by atoms with Gasteiger partial charge in [-0.1, -0.05) is 34.1 Å². The van der Waals surface area contributed by atoms with Crippen molar-refractivity contribution in [2.24, 2.45) is 0 Å². The van der Waals surface area contributed by atoms with Crippen molar-refractivity contribution in [3.8, 4) is 11.8 Å². The lowest BCUT2D eigenvalue weighted by Crippen LogP contribution is -2.37. The van der Waals surface area contributed by atoms with Crippen molar-refractivity contribution in [2.75, 3.05) is 0 Å². The third-order valence-corrected chi connectivity index (χ3v) is 4.12. The number of ether oxygens (including phenoxy) is 1. The number of nitriles is 1. The summed E-state index contributed by atoms with van der Waals surface area (Å²) >= 11 is 3.48. The zero-order valence-electron chi connectivity index (χ0n) is 12.9. The fourth-order valence-corrected chi connectivity index (χ4v) is 2.73. The molecule has 0 radical (unpaired) electrons. The Morgan fingerprint density at radius 3 is 2.43 bits per heavy atom. The van der Waals surface area contributed by atoms with Crippen LogP contribution in [0.3, 0.4) is 0 Å². The number of nitrogens with zero attached hydrogens (tertiary/aromatic N) is 1. The Morgan fingerprint density at radius 1 is 1.17 bits per heavy atom. The Kier molecular flexibility index (Phi) is 5.78. The Balaban J connectivity index is 1.97. The maximum absolute atomic E-state index is 12.3. The molecule has 1 N–H and O–H groups in total. The standard InChI is InChI=1S/C18H17BrN2O2/c1-12(16-5-3-4-6-17(16)19)21-18(22)13(2)23-15-9-7-14(11-20)8-10-15/h3-10,12-13H,1-2H3,(H,21,22). The molecule has 0 fully saturated rings. The Labute approximate surface area is 144 Å². The highest BCUT2D eigenvalue weighted by Gasteiger charge is 2.18. The third-order valence-electron chi connectivity index (χ3n) is 3.40. The number of benzene rings is 2. The van der Waals surface area contributed by atoms with Crippen LogP contribution in [0.5, 0.6) is 5.75 Å². The number of amides is 1. The van der Waals surface area contributed by atoms with E-state index in [1.807, 2.05) is 37.3 Å². The minimum atomic E-state index is -0.632. The smallest absolute Gasteiger partial charge is 0.261 e. The monoisotopic (exact) mass is 372 g/mol. The number of carbonyl (C=O) groups is 1. The SMILES string of the molecule is CC(Oc1ccc(C#N)cc1)C(=O)NC(C)c1ccccc1Br. The van der Waals surface area contributed by atoms with E-state index in [2.05, 4.69) is 21.2 Å². The van der Waals surface area contributed by atoms with E-state index in [-0.39, 0.29) is 11.9 Å². The average molecular weight is 373 g/mol. The molecule has 0 aliphatic carbocycles. The first kappa shape index (κ1) is 17.0. The number of hydrogen-bond donors (Lipinski definition) is 1. The predicted molar refractivity (Wildman–Crippen MR) is 91.9 cm³/mol. The number of rotatable bonds is 5. The first-order valence-corrected chi connectivity index (χ1v) is 8.02. The second-order valence-electron chi connectivity index (χ2n) is 5.15. The van der Waals surface area contributed by atoms with Gasteiger partial charge in [-0.2, -0.15) is 5.26 Å². The Bertz CT molecular complexity index is 723. The summed E-state index contributed by atoms with van der Waals surface area (Å²) in [6.07, 6.45) is -0.632. The molecule has 0 aromatic heterocycles. The quantitative estimate of drug-likeness (QED) is 0.863. The molecule has 0 spiro atoms. The maximum atomic E-state index is 12.3. The van der Waals surface area contributed by atoms with E-state index in [0.717, 1.165) is 10.0 Å². The molecule has 5 heteroatoms. The second-order valence-corrected chi connectivity index (χ2v) is 6.00. The summed E-state index contributed by atoms with van der Waals surface area (Å²) in [5, 5.41) is 11.7. The molecule has 0 aliphatic heterocycles. The van der Waals surface area contributed by atoms with Crippen molar-refractivity contribution in [1.82, 2.24) is 5.32 Å². The Morgan fingerprint density at radius 2 is 1.83 bits per heavy atom. The molecular weight excluding hydrogens is 356 g/mol. The van der Waals surface area contributed by atoms with Crippen molar-refractivity contribution in [3.05, 3.63) is 64.1 Å². The fraction of sp³-hybridized carbons (Fsp3) is 0.222. The van der Waals surface area contributed by atoms with Gasteiger partial charge in [0.2, 0.25) is 0 Å². The van der Waals surface area contributed by atoms with Gasteiger partial charge in [-0.15, -0.1) is 0 Å². The summed E-state index contributed by atoms with van der Waals surface area (Å²) in [6, 6.07) is 16.3. The van der Waals surface area contributed by atoms with E-state index >= 15 is 0 Å². The summed E-state index contributed by atoms with van der Waals surface area (Å²) in [5.41, 5.74) is 1.56. The number of hydrogen-bond acceptors (Lipinski definition) is 3. The van der Waals surface area contributed by atoms with Gasteiger partial charge in [0.25, 0.3) is 5.91 Å². The molecule has 0 aliphatic rings. The van der Waals surface area contributed by atoms with E-state index in [1.54, 1.807) is 31.2 Å². The van der Waals surface area contributed by atoms with Gasteiger partial charge in [0.1, 0.15) is 5.75 Å². The van der Waals surface area contributed by atoms with Crippen LogP contribution in [0, 0.1) is 11.3 Å². The molecule has 0 heterocycles. The molecule has 2 unspecified atom stereocenters. The molecule has 0 saturated carbocycles. The number of carbonyl (C=O) groups excluding carboxylic acids is 1. The van der Waals surface area contributed by atoms with Crippen molar-refractivity contribution >= 4 is 21.8 Å². The van der Waals surface area contributed by atoms with E-state index in [9.17, 15) is 4.79 Å². The van der Waals surface area contributed by atoms with Crippen LogP contribution in [0.4, 0.5) is 0 Å². The largest absolute Gasteiger partial charge is 0.481 e. The molecular formula is C18H17BrN2O2. The minimum absolute atomic E-state index is 0.134. The molecule has 2 aromatic rings. The highest BCUT2D eigenvalue weighted by molar-refractivity contribution is 9.10. The van der Waals surface area contributed by atoms with Gasteiger partial charge in [0.15, 0.2) is 6.10 Å². The average Bonchev–Trinajstić information content (AvgIpc) is 2.55. The zero-order valence-corrected chi connectivity index (χ0v) is 14.5. The zero-order chi connectivity index (χ0) is 16.8. The molecule has 23 heavy (non-hydrogen) atoms. The molecule has 2 atom stereocenters. The summed E-state index contributed by atoms with van der Waals surface area (Å²) in [6.45, 7) is 3.62. The van der Waals surface area contributed by atoms with Crippen molar-refractivity contribution in [1.29, 1.82) is 5.26 Å². The third kappa shape index (κ3) is 4.57. The minimum Gasteiger partial charge on any atom is -0.481 e. The van der Waals surface area contributed by atoms with Crippen LogP contribution in [-0.2, 0) is 4.79 Å². The van der Waals surface area contributed by atoms with Gasteiger partial charge < -0.3 is 10.1 Å². The molecule has 118 valence electrons. The maximum Gasteiger partial charge on any atom is 0.261 e. The van der Waals surface area contributed by atoms with Crippen LogP contribution in [0.15, 0.2) is 53.0 Å². The molecule has 0 saturated heterocycles. The lowest BCUT2D eigenvalue weighted by Gasteiger charge is -2.19. The predicted octanol–water partition coefficient (Wildman–Crippen LogP) is 3.97.